The summed E-state index contributed by atoms with van der Waals surface area (Å²) in [5.74, 6) is 0.127. The number of carbonyl (C=O) groups is 1. The van der Waals surface area contributed by atoms with Crippen molar-refractivity contribution in [1.29, 1.82) is 0 Å². The number of nitrogens with zero attached hydrogens (tertiary/aromatic N) is 3. The molecule has 0 aliphatic rings. The van der Waals surface area contributed by atoms with Crippen molar-refractivity contribution in [2.45, 2.75) is 32.7 Å². The van der Waals surface area contributed by atoms with Gasteiger partial charge in [0.25, 0.3) is 0 Å². The largest absolute Gasteiger partial charge is 0.464 e. The quantitative estimate of drug-likeness (QED) is 0.365. The summed E-state index contributed by atoms with van der Waals surface area (Å²) >= 11 is 12.2. The molecule has 0 saturated heterocycles. The number of halogens is 2. The van der Waals surface area contributed by atoms with Crippen LogP contribution in [0.15, 0.2) is 24.4 Å². The van der Waals surface area contributed by atoms with Crippen LogP contribution in [0.4, 0.5) is 0 Å². The summed E-state index contributed by atoms with van der Waals surface area (Å²) in [6, 6.07) is 5.31. The molecule has 0 amide bonds. The molecule has 2 heterocycles. The van der Waals surface area contributed by atoms with Crippen molar-refractivity contribution in [2.24, 2.45) is 5.92 Å². The molecule has 3 rings (SSSR count). The van der Waals surface area contributed by atoms with E-state index in [4.69, 9.17) is 27.9 Å². The van der Waals surface area contributed by atoms with Gasteiger partial charge in [0.15, 0.2) is 11.2 Å². The second-order valence-corrected chi connectivity index (χ2v) is 6.83. The molecule has 0 spiro atoms. The summed E-state index contributed by atoms with van der Waals surface area (Å²) in [5.41, 5.74) is 2.30. The van der Waals surface area contributed by atoms with Gasteiger partial charge in [-0.1, -0.05) is 37.6 Å². The number of rotatable bonds is 5. The Bertz CT molecular complexity index is 937. The van der Waals surface area contributed by atoms with Crippen molar-refractivity contribution in [3.8, 4) is 0 Å². The van der Waals surface area contributed by atoms with Crippen molar-refractivity contribution in [3.63, 3.8) is 0 Å². The second-order valence-electron chi connectivity index (χ2n) is 6.20. The first-order valence-electron chi connectivity index (χ1n) is 8.15. The SMILES string of the molecule is CCOC(=O)C(C(C)C)n1cc2c(n1)c(Cl)nc1cc(CCl)ccc12. The lowest BCUT2D eigenvalue weighted by molar-refractivity contribution is -0.148. The van der Waals surface area contributed by atoms with Gasteiger partial charge in [0.2, 0.25) is 0 Å². The number of hydrogen-bond acceptors (Lipinski definition) is 4. The van der Waals surface area contributed by atoms with E-state index in [-0.39, 0.29) is 11.9 Å². The lowest BCUT2D eigenvalue weighted by Gasteiger charge is -2.19. The molecule has 1 unspecified atom stereocenters. The number of benzene rings is 1. The number of fused-ring (bicyclic) bond motifs is 3. The normalized spacial score (nSPS) is 12.9. The van der Waals surface area contributed by atoms with Crippen LogP contribution in [-0.4, -0.2) is 27.3 Å². The van der Waals surface area contributed by atoms with Crippen LogP contribution in [0.5, 0.6) is 0 Å². The molecule has 3 aromatic rings. The first kappa shape index (κ1) is 18.0. The number of hydrogen-bond donors (Lipinski definition) is 0. The number of alkyl halides is 1. The van der Waals surface area contributed by atoms with Crippen molar-refractivity contribution >= 4 is 51.0 Å². The van der Waals surface area contributed by atoms with E-state index < -0.39 is 6.04 Å². The molecule has 0 fully saturated rings. The Labute approximate surface area is 155 Å². The van der Waals surface area contributed by atoms with Crippen LogP contribution < -0.4 is 0 Å². The van der Waals surface area contributed by atoms with Crippen LogP contribution in [-0.2, 0) is 15.4 Å². The summed E-state index contributed by atoms with van der Waals surface area (Å²) in [6.45, 7) is 6.03. The van der Waals surface area contributed by atoms with Crippen molar-refractivity contribution in [2.75, 3.05) is 6.61 Å². The number of esters is 1. The topological polar surface area (TPSA) is 57.0 Å². The predicted octanol–water partition coefficient (Wildman–Crippen LogP) is 4.74. The molecule has 25 heavy (non-hydrogen) atoms. The maximum atomic E-state index is 12.3. The summed E-state index contributed by atoms with van der Waals surface area (Å²) in [5, 5.41) is 6.61. The van der Waals surface area contributed by atoms with Crippen molar-refractivity contribution in [1.82, 2.24) is 14.8 Å². The Morgan fingerprint density at radius 3 is 2.72 bits per heavy atom. The molecule has 0 radical (unpaired) electrons. The Morgan fingerprint density at radius 2 is 2.08 bits per heavy atom. The number of ether oxygens (including phenoxy) is 1. The third kappa shape index (κ3) is 3.31. The molecule has 0 bridgehead atoms. The molecule has 132 valence electrons. The third-order valence-electron chi connectivity index (χ3n) is 4.10. The maximum Gasteiger partial charge on any atom is 0.331 e. The van der Waals surface area contributed by atoms with E-state index >= 15 is 0 Å². The standard InChI is InChI=1S/C18H19Cl2N3O2/c1-4-25-18(24)16(10(2)3)23-9-13-12-6-5-11(8-19)7-14(12)21-17(20)15(13)22-23/h5-7,9-10,16H,4,8H2,1-3H3. The first-order valence-corrected chi connectivity index (χ1v) is 9.07. The molecule has 1 atom stereocenters. The van der Waals surface area contributed by atoms with Gasteiger partial charge in [-0.2, -0.15) is 5.10 Å². The molecule has 0 N–H and O–H groups in total. The number of carbonyl (C=O) groups excluding carboxylic acids is 1. The predicted molar refractivity (Wildman–Crippen MR) is 100 cm³/mol. The maximum absolute atomic E-state index is 12.3. The molecule has 0 aliphatic heterocycles. The summed E-state index contributed by atoms with van der Waals surface area (Å²) in [7, 11) is 0. The van der Waals surface area contributed by atoms with Crippen LogP contribution in [0.2, 0.25) is 5.15 Å². The highest BCUT2D eigenvalue weighted by atomic mass is 35.5. The van der Waals surface area contributed by atoms with E-state index in [1.54, 1.807) is 11.6 Å². The number of aromatic nitrogens is 3. The average molecular weight is 380 g/mol. The molecule has 5 nitrogen and oxygen atoms in total. The van der Waals surface area contributed by atoms with Gasteiger partial charge in [0.1, 0.15) is 5.52 Å². The van der Waals surface area contributed by atoms with Crippen LogP contribution in [0, 0.1) is 5.92 Å². The van der Waals surface area contributed by atoms with Gasteiger partial charge < -0.3 is 4.74 Å². The summed E-state index contributed by atoms with van der Waals surface area (Å²) in [6.07, 6.45) is 1.84. The van der Waals surface area contributed by atoms with E-state index in [2.05, 4.69) is 10.1 Å². The van der Waals surface area contributed by atoms with E-state index in [1.807, 2.05) is 38.2 Å². The summed E-state index contributed by atoms with van der Waals surface area (Å²) in [4.78, 5) is 16.8. The zero-order valence-corrected chi connectivity index (χ0v) is 15.8. The van der Waals surface area contributed by atoms with Gasteiger partial charge in [-0.3, -0.25) is 4.68 Å². The van der Waals surface area contributed by atoms with Crippen molar-refractivity contribution in [3.05, 3.63) is 35.1 Å². The van der Waals surface area contributed by atoms with Crippen molar-refractivity contribution < 1.29 is 9.53 Å². The fraction of sp³-hybridized carbons (Fsp3) is 0.389. The third-order valence-corrected chi connectivity index (χ3v) is 4.67. The molecule has 1 aromatic carbocycles. The molecule has 2 aromatic heterocycles. The van der Waals surface area contributed by atoms with Crippen LogP contribution in [0.3, 0.4) is 0 Å². The fourth-order valence-corrected chi connectivity index (χ4v) is 3.33. The Morgan fingerprint density at radius 1 is 1.32 bits per heavy atom. The van der Waals surface area contributed by atoms with E-state index in [0.717, 1.165) is 21.9 Å². The highest BCUT2D eigenvalue weighted by Crippen LogP contribution is 2.31. The molecular weight excluding hydrogens is 361 g/mol. The number of pyridine rings is 1. The van der Waals surface area contributed by atoms with Gasteiger partial charge in [-0.25, -0.2) is 9.78 Å². The minimum absolute atomic E-state index is 0.0224. The first-order chi connectivity index (χ1) is 12.0. The van der Waals surface area contributed by atoms with Crippen LogP contribution in [0.25, 0.3) is 21.8 Å². The van der Waals surface area contributed by atoms with Crippen LogP contribution in [0.1, 0.15) is 32.4 Å². The van der Waals surface area contributed by atoms with Gasteiger partial charge >= 0.3 is 5.97 Å². The Balaban J connectivity index is 2.20. The van der Waals surface area contributed by atoms with E-state index in [0.29, 0.717) is 23.2 Å². The highest BCUT2D eigenvalue weighted by Gasteiger charge is 2.27. The summed E-state index contributed by atoms with van der Waals surface area (Å²) < 4.78 is 6.84. The fourth-order valence-electron chi connectivity index (χ4n) is 2.94. The molecule has 0 saturated carbocycles. The van der Waals surface area contributed by atoms with Gasteiger partial charge in [-0.15, -0.1) is 11.6 Å². The van der Waals surface area contributed by atoms with Gasteiger partial charge in [-0.05, 0) is 24.5 Å². The minimum atomic E-state index is -0.513. The highest BCUT2D eigenvalue weighted by molar-refractivity contribution is 6.35. The lowest BCUT2D eigenvalue weighted by Crippen LogP contribution is -2.27. The van der Waals surface area contributed by atoms with E-state index in [9.17, 15) is 4.79 Å². The van der Waals surface area contributed by atoms with Gasteiger partial charge in [0.05, 0.1) is 12.1 Å². The Kier molecular flexibility index (Phi) is 5.16. The van der Waals surface area contributed by atoms with Gasteiger partial charge in [0, 0.05) is 22.8 Å². The molecular formula is C18H19Cl2N3O2. The second kappa shape index (κ2) is 7.18. The zero-order valence-electron chi connectivity index (χ0n) is 14.3. The molecule has 7 heteroatoms. The zero-order chi connectivity index (χ0) is 18.1. The van der Waals surface area contributed by atoms with Crippen LogP contribution >= 0.6 is 23.2 Å². The minimum Gasteiger partial charge on any atom is -0.464 e. The smallest absolute Gasteiger partial charge is 0.331 e. The van der Waals surface area contributed by atoms with E-state index in [1.165, 1.54) is 0 Å². The average Bonchev–Trinajstić information content (AvgIpc) is 2.99. The molecule has 0 aliphatic carbocycles. The monoisotopic (exact) mass is 379 g/mol. The Hall–Kier alpha value is -1.85. The lowest BCUT2D eigenvalue weighted by atomic mass is 10.1.